The van der Waals surface area contributed by atoms with E-state index in [1.54, 1.807) is 6.07 Å². The van der Waals surface area contributed by atoms with Gasteiger partial charge in [-0.05, 0) is 24.3 Å². The minimum Gasteiger partial charge on any atom is -0.464 e. The molecule has 1 heterocycles. The zero-order valence-electron chi connectivity index (χ0n) is 9.77. The van der Waals surface area contributed by atoms with E-state index in [-0.39, 0.29) is 12.3 Å². The molecule has 0 amide bonds. The van der Waals surface area contributed by atoms with Crippen molar-refractivity contribution in [3.63, 3.8) is 0 Å². The number of hydrogen-bond acceptors (Lipinski definition) is 4. The Labute approximate surface area is 108 Å². The maximum absolute atomic E-state index is 13.5. The van der Waals surface area contributed by atoms with Gasteiger partial charge in [-0.3, -0.25) is 0 Å². The Morgan fingerprint density at radius 3 is 2.37 bits per heavy atom. The van der Waals surface area contributed by atoms with Crippen LogP contribution in [0.2, 0.25) is 0 Å². The summed E-state index contributed by atoms with van der Waals surface area (Å²) in [5.74, 6) is -1.87. The Balaban J connectivity index is 2.32. The lowest BCUT2D eigenvalue weighted by Crippen LogP contribution is -2.07. The highest BCUT2D eigenvalue weighted by molar-refractivity contribution is 7.90. The van der Waals surface area contributed by atoms with Crippen LogP contribution in [0.3, 0.4) is 0 Å². The number of halogens is 2. The first-order valence-electron chi connectivity index (χ1n) is 5.38. The van der Waals surface area contributed by atoms with E-state index in [4.69, 9.17) is 10.2 Å². The van der Waals surface area contributed by atoms with Gasteiger partial charge in [-0.25, -0.2) is 17.2 Å². The van der Waals surface area contributed by atoms with E-state index in [1.165, 1.54) is 6.07 Å². The third-order valence-electron chi connectivity index (χ3n) is 2.48. The van der Waals surface area contributed by atoms with E-state index in [2.05, 4.69) is 0 Å². The van der Waals surface area contributed by atoms with Crippen molar-refractivity contribution in [2.24, 2.45) is 5.73 Å². The SMILES string of the molecule is NCc1ccc(CS(=O)(=O)c2ccc(F)cc2F)o1. The summed E-state index contributed by atoms with van der Waals surface area (Å²) >= 11 is 0. The molecule has 0 aliphatic heterocycles. The van der Waals surface area contributed by atoms with Crippen molar-refractivity contribution in [1.82, 2.24) is 0 Å². The van der Waals surface area contributed by atoms with Gasteiger partial charge in [0.15, 0.2) is 9.84 Å². The summed E-state index contributed by atoms with van der Waals surface area (Å²) < 4.78 is 55.3. The van der Waals surface area contributed by atoms with Crippen molar-refractivity contribution in [3.05, 3.63) is 53.5 Å². The van der Waals surface area contributed by atoms with Gasteiger partial charge in [0.05, 0.1) is 6.54 Å². The minimum absolute atomic E-state index is 0.144. The second-order valence-corrected chi connectivity index (χ2v) is 5.86. The summed E-state index contributed by atoms with van der Waals surface area (Å²) in [6.45, 7) is 0.144. The van der Waals surface area contributed by atoms with Gasteiger partial charge in [-0.15, -0.1) is 0 Å². The van der Waals surface area contributed by atoms with Gasteiger partial charge < -0.3 is 10.2 Å². The van der Waals surface area contributed by atoms with Crippen LogP contribution in [-0.2, 0) is 22.1 Å². The first-order valence-corrected chi connectivity index (χ1v) is 7.03. The molecule has 0 radical (unpaired) electrons. The lowest BCUT2D eigenvalue weighted by molar-refractivity contribution is 0.476. The lowest BCUT2D eigenvalue weighted by atomic mass is 10.3. The highest BCUT2D eigenvalue weighted by Crippen LogP contribution is 2.21. The number of nitrogens with two attached hydrogens (primary N) is 1. The molecular formula is C12H11F2NO3S. The summed E-state index contributed by atoms with van der Waals surface area (Å²) in [5.41, 5.74) is 5.33. The van der Waals surface area contributed by atoms with Gasteiger partial charge in [-0.2, -0.15) is 0 Å². The quantitative estimate of drug-likeness (QED) is 0.873. The van der Waals surface area contributed by atoms with Crippen LogP contribution >= 0.6 is 0 Å². The predicted octanol–water partition coefficient (Wildman–Crippen LogP) is 1.99. The molecule has 0 saturated heterocycles. The zero-order chi connectivity index (χ0) is 14.0. The Morgan fingerprint density at radius 1 is 1.11 bits per heavy atom. The second kappa shape index (κ2) is 5.10. The molecule has 2 N–H and O–H groups in total. The van der Waals surface area contributed by atoms with Crippen LogP contribution in [0.25, 0.3) is 0 Å². The number of furan rings is 1. The van der Waals surface area contributed by atoms with Gasteiger partial charge in [-0.1, -0.05) is 0 Å². The van der Waals surface area contributed by atoms with Crippen molar-refractivity contribution in [3.8, 4) is 0 Å². The van der Waals surface area contributed by atoms with Crippen molar-refractivity contribution >= 4 is 9.84 Å². The molecule has 2 aromatic rings. The Hall–Kier alpha value is -1.73. The van der Waals surface area contributed by atoms with Gasteiger partial charge >= 0.3 is 0 Å². The fourth-order valence-electron chi connectivity index (χ4n) is 1.60. The number of sulfone groups is 1. The number of hydrogen-bond donors (Lipinski definition) is 1. The standard InChI is InChI=1S/C12H11F2NO3S/c13-8-1-4-12(11(14)5-8)19(16,17)7-10-3-2-9(6-15)18-10/h1-5H,6-7,15H2. The maximum Gasteiger partial charge on any atom is 0.188 e. The third kappa shape index (κ3) is 2.99. The number of rotatable bonds is 4. The Bertz CT molecular complexity index is 695. The Morgan fingerprint density at radius 2 is 1.79 bits per heavy atom. The highest BCUT2D eigenvalue weighted by Gasteiger charge is 2.21. The summed E-state index contributed by atoms with van der Waals surface area (Å²) in [6, 6.07) is 5.32. The van der Waals surface area contributed by atoms with Crippen LogP contribution in [-0.4, -0.2) is 8.42 Å². The summed E-state index contributed by atoms with van der Waals surface area (Å²) in [5, 5.41) is 0. The fraction of sp³-hybridized carbons (Fsp3) is 0.167. The van der Waals surface area contributed by atoms with Crippen molar-refractivity contribution in [2.75, 3.05) is 0 Å². The first-order chi connectivity index (χ1) is 8.92. The summed E-state index contributed by atoms with van der Waals surface area (Å²) in [4.78, 5) is -0.556. The van der Waals surface area contributed by atoms with Crippen LogP contribution in [0.15, 0.2) is 39.6 Å². The molecule has 0 aliphatic carbocycles. The smallest absolute Gasteiger partial charge is 0.188 e. The average molecular weight is 287 g/mol. The molecule has 1 aromatic heterocycles. The molecule has 0 spiro atoms. The van der Waals surface area contributed by atoms with Gasteiger partial charge in [0.25, 0.3) is 0 Å². The molecule has 0 saturated carbocycles. The lowest BCUT2D eigenvalue weighted by Gasteiger charge is -2.04. The molecule has 0 bridgehead atoms. The van der Waals surface area contributed by atoms with Crippen LogP contribution in [0.4, 0.5) is 8.78 Å². The van der Waals surface area contributed by atoms with E-state index < -0.39 is 32.1 Å². The molecule has 7 heteroatoms. The first kappa shape index (κ1) is 13.7. The molecule has 0 unspecified atom stereocenters. The normalized spacial score (nSPS) is 11.7. The van der Waals surface area contributed by atoms with Crippen LogP contribution < -0.4 is 5.73 Å². The van der Waals surface area contributed by atoms with Gasteiger partial charge in [0.1, 0.15) is 33.8 Å². The van der Waals surface area contributed by atoms with Crippen LogP contribution in [0.1, 0.15) is 11.5 Å². The molecule has 0 atom stereocenters. The van der Waals surface area contributed by atoms with Crippen LogP contribution in [0, 0.1) is 11.6 Å². The summed E-state index contributed by atoms with van der Waals surface area (Å²) in [6.07, 6.45) is 0. The topological polar surface area (TPSA) is 73.3 Å². The number of benzene rings is 1. The van der Waals surface area contributed by atoms with E-state index in [0.29, 0.717) is 11.8 Å². The molecule has 0 fully saturated rings. The zero-order valence-corrected chi connectivity index (χ0v) is 10.6. The van der Waals surface area contributed by atoms with E-state index in [9.17, 15) is 17.2 Å². The van der Waals surface area contributed by atoms with E-state index in [1.807, 2.05) is 0 Å². The van der Waals surface area contributed by atoms with Crippen molar-refractivity contribution < 1.29 is 21.6 Å². The monoisotopic (exact) mass is 287 g/mol. The van der Waals surface area contributed by atoms with E-state index >= 15 is 0 Å². The molecule has 102 valence electrons. The molecule has 2 rings (SSSR count). The molecular weight excluding hydrogens is 276 g/mol. The largest absolute Gasteiger partial charge is 0.464 e. The molecule has 4 nitrogen and oxygen atoms in total. The summed E-state index contributed by atoms with van der Waals surface area (Å²) in [7, 11) is -3.93. The third-order valence-corrected chi connectivity index (χ3v) is 4.15. The molecule has 19 heavy (non-hydrogen) atoms. The van der Waals surface area contributed by atoms with Crippen LogP contribution in [0.5, 0.6) is 0 Å². The second-order valence-electron chi connectivity index (χ2n) is 3.91. The Kier molecular flexibility index (Phi) is 3.68. The minimum atomic E-state index is -3.93. The predicted molar refractivity (Wildman–Crippen MR) is 63.8 cm³/mol. The maximum atomic E-state index is 13.5. The average Bonchev–Trinajstić information content (AvgIpc) is 2.75. The van der Waals surface area contributed by atoms with Crippen molar-refractivity contribution in [2.45, 2.75) is 17.2 Å². The molecule has 0 aliphatic rings. The molecule has 1 aromatic carbocycles. The van der Waals surface area contributed by atoms with Crippen molar-refractivity contribution in [1.29, 1.82) is 0 Å². The highest BCUT2D eigenvalue weighted by atomic mass is 32.2. The van der Waals surface area contributed by atoms with E-state index in [0.717, 1.165) is 12.1 Å². The fourth-order valence-corrected chi connectivity index (χ4v) is 2.92. The van der Waals surface area contributed by atoms with Gasteiger partial charge in [0.2, 0.25) is 0 Å². The van der Waals surface area contributed by atoms with Gasteiger partial charge in [0, 0.05) is 6.07 Å².